The number of hydrogen-bond acceptors (Lipinski definition) is 2. The van der Waals surface area contributed by atoms with E-state index < -0.39 is 0 Å². The van der Waals surface area contributed by atoms with Crippen LogP contribution in [0.5, 0.6) is 0 Å². The zero-order valence-corrected chi connectivity index (χ0v) is 14.2. The summed E-state index contributed by atoms with van der Waals surface area (Å²) in [6.45, 7) is 2.39. The van der Waals surface area contributed by atoms with Gasteiger partial charge in [-0.1, -0.05) is 31.9 Å². The van der Waals surface area contributed by atoms with E-state index in [1.165, 1.54) is 30.6 Å². The summed E-state index contributed by atoms with van der Waals surface area (Å²) in [6, 6.07) is 7.18. The zero-order chi connectivity index (χ0) is 13.1. The Balaban J connectivity index is 2.19. The second-order valence-corrected chi connectivity index (χ2v) is 6.55. The van der Waals surface area contributed by atoms with E-state index in [1.807, 2.05) is 0 Å². The standard InChI is InChI=1S/C14H20Br2N2/c1-17-7-3-4-13(10-17)18(2)14-6-5-12(16)8-11(14)9-15/h5-6,8,13H,3-4,7,9-10H2,1-2H3. The molecule has 1 aliphatic heterocycles. The van der Waals surface area contributed by atoms with Gasteiger partial charge in [0.05, 0.1) is 0 Å². The maximum Gasteiger partial charge on any atom is 0.0414 e. The van der Waals surface area contributed by atoms with Crippen LogP contribution in [0.2, 0.25) is 0 Å². The first-order valence-electron chi connectivity index (χ1n) is 6.37. The SMILES string of the molecule is CN1CCCC(N(C)c2ccc(Br)cc2CBr)C1. The molecule has 1 aromatic rings. The summed E-state index contributed by atoms with van der Waals surface area (Å²) in [5, 5.41) is 0.897. The lowest BCUT2D eigenvalue weighted by Crippen LogP contribution is -2.45. The maximum atomic E-state index is 3.59. The Kier molecular flexibility index (Phi) is 5.10. The number of benzene rings is 1. The molecule has 0 aliphatic carbocycles. The van der Waals surface area contributed by atoms with Gasteiger partial charge in [0.15, 0.2) is 0 Å². The molecule has 0 amide bonds. The summed E-state index contributed by atoms with van der Waals surface area (Å²) in [6.07, 6.45) is 2.59. The van der Waals surface area contributed by atoms with Crippen molar-refractivity contribution in [2.24, 2.45) is 0 Å². The fraction of sp³-hybridized carbons (Fsp3) is 0.571. The number of likely N-dealkylation sites (N-methyl/N-ethyl adjacent to an activating group) is 2. The highest BCUT2D eigenvalue weighted by Gasteiger charge is 2.22. The number of rotatable bonds is 3. The first kappa shape index (κ1) is 14.4. The predicted octanol–water partition coefficient (Wildman–Crippen LogP) is 3.87. The summed E-state index contributed by atoms with van der Waals surface area (Å²) in [5.74, 6) is 0. The highest BCUT2D eigenvalue weighted by Crippen LogP contribution is 2.29. The minimum absolute atomic E-state index is 0.628. The lowest BCUT2D eigenvalue weighted by molar-refractivity contribution is 0.248. The highest BCUT2D eigenvalue weighted by molar-refractivity contribution is 9.10. The summed E-state index contributed by atoms with van der Waals surface area (Å²) >= 11 is 7.13. The molecule has 0 spiro atoms. The molecule has 1 unspecified atom stereocenters. The summed E-state index contributed by atoms with van der Waals surface area (Å²) < 4.78 is 1.15. The third-order valence-electron chi connectivity index (χ3n) is 3.71. The molecule has 0 bridgehead atoms. The van der Waals surface area contributed by atoms with Crippen LogP contribution in [0.4, 0.5) is 5.69 Å². The highest BCUT2D eigenvalue weighted by atomic mass is 79.9. The predicted molar refractivity (Wildman–Crippen MR) is 85.7 cm³/mol. The summed E-state index contributed by atoms with van der Waals surface area (Å²) in [5.41, 5.74) is 2.69. The first-order valence-corrected chi connectivity index (χ1v) is 8.29. The molecule has 4 heteroatoms. The Morgan fingerprint density at radius 3 is 2.89 bits per heavy atom. The van der Waals surface area contributed by atoms with Crippen molar-refractivity contribution in [3.63, 3.8) is 0 Å². The fourth-order valence-corrected chi connectivity index (χ4v) is 3.51. The van der Waals surface area contributed by atoms with Gasteiger partial charge >= 0.3 is 0 Å². The van der Waals surface area contributed by atoms with Crippen molar-refractivity contribution in [3.05, 3.63) is 28.2 Å². The molecule has 0 radical (unpaired) electrons. The Hall–Kier alpha value is -0.0600. The normalized spacial score (nSPS) is 21.0. The lowest BCUT2D eigenvalue weighted by atomic mass is 10.0. The van der Waals surface area contributed by atoms with E-state index in [0.29, 0.717) is 6.04 Å². The second kappa shape index (κ2) is 6.40. The third-order valence-corrected chi connectivity index (χ3v) is 4.81. The van der Waals surface area contributed by atoms with Crippen LogP contribution in [0.25, 0.3) is 0 Å². The molecular formula is C14H20Br2N2. The molecule has 0 aromatic heterocycles. The second-order valence-electron chi connectivity index (χ2n) is 5.08. The number of likely N-dealkylation sites (tertiary alicyclic amines) is 1. The van der Waals surface area contributed by atoms with Crippen LogP contribution in [0, 0.1) is 0 Å². The molecule has 0 saturated carbocycles. The molecular weight excluding hydrogens is 356 g/mol. The van der Waals surface area contributed by atoms with Gasteiger partial charge in [-0.15, -0.1) is 0 Å². The molecule has 2 rings (SSSR count). The average Bonchev–Trinajstić information content (AvgIpc) is 2.37. The molecule has 2 nitrogen and oxygen atoms in total. The first-order chi connectivity index (χ1) is 8.61. The van der Waals surface area contributed by atoms with E-state index in [9.17, 15) is 0 Å². The van der Waals surface area contributed by atoms with Crippen molar-refractivity contribution < 1.29 is 0 Å². The van der Waals surface area contributed by atoms with Gasteiger partial charge in [-0.2, -0.15) is 0 Å². The van der Waals surface area contributed by atoms with Crippen molar-refractivity contribution in [2.45, 2.75) is 24.2 Å². The van der Waals surface area contributed by atoms with Crippen LogP contribution in [0.1, 0.15) is 18.4 Å². The Morgan fingerprint density at radius 1 is 1.44 bits per heavy atom. The fourth-order valence-electron chi connectivity index (χ4n) is 2.66. The van der Waals surface area contributed by atoms with Gasteiger partial charge in [0.25, 0.3) is 0 Å². The molecule has 0 N–H and O–H groups in total. The topological polar surface area (TPSA) is 6.48 Å². The molecule has 1 aromatic carbocycles. The van der Waals surface area contributed by atoms with Crippen molar-refractivity contribution in [1.29, 1.82) is 0 Å². The quantitative estimate of drug-likeness (QED) is 0.739. The van der Waals surface area contributed by atoms with Gasteiger partial charge in [0.2, 0.25) is 0 Å². The lowest BCUT2D eigenvalue weighted by Gasteiger charge is -2.38. The number of hydrogen-bond donors (Lipinski definition) is 0. The van der Waals surface area contributed by atoms with Crippen LogP contribution in [0.15, 0.2) is 22.7 Å². The van der Waals surface area contributed by atoms with Crippen molar-refractivity contribution in [2.75, 3.05) is 32.1 Å². The molecule has 1 heterocycles. The van der Waals surface area contributed by atoms with Gasteiger partial charge in [0.1, 0.15) is 0 Å². The molecule has 1 aliphatic rings. The number of anilines is 1. The Labute approximate surface area is 127 Å². The van der Waals surface area contributed by atoms with Crippen LogP contribution >= 0.6 is 31.9 Å². The van der Waals surface area contributed by atoms with E-state index in [1.54, 1.807) is 0 Å². The van der Waals surface area contributed by atoms with Gasteiger partial charge in [-0.3, -0.25) is 0 Å². The smallest absolute Gasteiger partial charge is 0.0414 e. The van der Waals surface area contributed by atoms with E-state index in [0.717, 1.165) is 16.3 Å². The van der Waals surface area contributed by atoms with Crippen molar-refractivity contribution in [1.82, 2.24) is 4.90 Å². The number of alkyl halides is 1. The van der Waals surface area contributed by atoms with E-state index >= 15 is 0 Å². The zero-order valence-electron chi connectivity index (χ0n) is 11.0. The van der Waals surface area contributed by atoms with Crippen LogP contribution in [-0.2, 0) is 5.33 Å². The molecule has 1 saturated heterocycles. The minimum Gasteiger partial charge on any atom is -0.370 e. The van der Waals surface area contributed by atoms with Gasteiger partial charge in [-0.05, 0) is 50.2 Å². The van der Waals surface area contributed by atoms with E-state index in [2.05, 4.69) is 74.0 Å². The van der Waals surface area contributed by atoms with Gasteiger partial charge in [0, 0.05) is 35.1 Å². The van der Waals surface area contributed by atoms with Crippen LogP contribution < -0.4 is 4.90 Å². The number of nitrogens with zero attached hydrogens (tertiary/aromatic N) is 2. The van der Waals surface area contributed by atoms with E-state index in [4.69, 9.17) is 0 Å². The molecule has 1 fully saturated rings. The molecule has 100 valence electrons. The average molecular weight is 376 g/mol. The minimum atomic E-state index is 0.628. The molecule has 1 atom stereocenters. The molecule has 18 heavy (non-hydrogen) atoms. The Morgan fingerprint density at radius 2 is 2.22 bits per heavy atom. The summed E-state index contributed by atoms with van der Waals surface area (Å²) in [7, 11) is 4.44. The third kappa shape index (κ3) is 3.28. The van der Waals surface area contributed by atoms with Crippen LogP contribution in [0.3, 0.4) is 0 Å². The van der Waals surface area contributed by atoms with Crippen LogP contribution in [-0.4, -0.2) is 38.1 Å². The van der Waals surface area contributed by atoms with E-state index in [-0.39, 0.29) is 0 Å². The number of piperidine rings is 1. The maximum absolute atomic E-state index is 3.59. The van der Waals surface area contributed by atoms with Gasteiger partial charge < -0.3 is 9.80 Å². The van der Waals surface area contributed by atoms with Gasteiger partial charge in [-0.25, -0.2) is 0 Å². The largest absolute Gasteiger partial charge is 0.370 e. The van der Waals surface area contributed by atoms with Crippen molar-refractivity contribution >= 4 is 37.5 Å². The monoisotopic (exact) mass is 374 g/mol. The number of halogens is 2. The summed E-state index contributed by atoms with van der Waals surface area (Å²) in [4.78, 5) is 4.87. The Bertz CT molecular complexity index is 409. The van der Waals surface area contributed by atoms with Crippen molar-refractivity contribution in [3.8, 4) is 0 Å².